The number of rotatable bonds is 5. The second kappa shape index (κ2) is 7.20. The van der Waals surface area contributed by atoms with Gasteiger partial charge in [-0.15, -0.1) is 0 Å². The van der Waals surface area contributed by atoms with Crippen molar-refractivity contribution in [3.05, 3.63) is 71.1 Å². The van der Waals surface area contributed by atoms with Gasteiger partial charge in [0.25, 0.3) is 0 Å². The van der Waals surface area contributed by atoms with Crippen LogP contribution in [0.2, 0.25) is 0 Å². The van der Waals surface area contributed by atoms with E-state index in [4.69, 9.17) is 4.74 Å². The van der Waals surface area contributed by atoms with Gasteiger partial charge in [-0.2, -0.15) is 4.31 Å². The van der Waals surface area contributed by atoms with Crippen LogP contribution in [-0.4, -0.2) is 32.9 Å². The Bertz CT molecular complexity index is 816. The molecule has 0 aliphatic carbocycles. The largest absolute Gasteiger partial charge is 0.496 e. The average Bonchev–Trinajstić information content (AvgIpc) is 3.12. The number of sulfonamides is 1. The zero-order chi connectivity index (χ0) is 17.0. The van der Waals surface area contributed by atoms with Gasteiger partial charge >= 0.3 is 0 Å². The maximum Gasteiger partial charge on any atom is 0.236 e. The zero-order valence-corrected chi connectivity index (χ0v) is 14.4. The first-order valence-electron chi connectivity index (χ1n) is 7.96. The Morgan fingerprint density at radius 2 is 1.79 bits per heavy atom. The van der Waals surface area contributed by atoms with Crippen molar-refractivity contribution in [2.75, 3.05) is 20.2 Å². The van der Waals surface area contributed by atoms with E-state index in [0.29, 0.717) is 13.1 Å². The summed E-state index contributed by atoms with van der Waals surface area (Å²) in [6, 6.07) is 17.3. The van der Waals surface area contributed by atoms with Crippen LogP contribution in [0.3, 0.4) is 0 Å². The lowest BCUT2D eigenvalue weighted by molar-refractivity contribution is 0.405. The Morgan fingerprint density at radius 1 is 1.08 bits per heavy atom. The molecule has 1 aliphatic heterocycles. The minimum atomic E-state index is -3.41. The molecule has 1 unspecified atom stereocenters. The molecule has 0 N–H and O–H groups in total. The van der Waals surface area contributed by atoms with Crippen molar-refractivity contribution in [2.24, 2.45) is 0 Å². The maximum atomic E-state index is 12.5. The summed E-state index contributed by atoms with van der Waals surface area (Å²) in [7, 11) is -1.76. The second-order valence-corrected chi connectivity index (χ2v) is 7.66. The van der Waals surface area contributed by atoms with Crippen molar-refractivity contribution in [1.29, 1.82) is 0 Å². The number of hydrogen-bond acceptors (Lipinski definition) is 3. The lowest BCUT2D eigenvalue weighted by Gasteiger charge is -2.16. The molecular weight excluding hydrogens is 322 g/mol. The molecule has 4 nitrogen and oxygen atoms in total. The third kappa shape index (κ3) is 3.68. The second-order valence-electron chi connectivity index (χ2n) is 5.84. The van der Waals surface area contributed by atoms with E-state index in [1.165, 1.54) is 5.41 Å². The van der Waals surface area contributed by atoms with Crippen LogP contribution in [0.15, 0.2) is 60.0 Å². The van der Waals surface area contributed by atoms with E-state index >= 15 is 0 Å². The molecule has 1 heterocycles. The fraction of sp³-hybridized carbons (Fsp3) is 0.263. The number of para-hydroxylation sites is 1. The van der Waals surface area contributed by atoms with Crippen molar-refractivity contribution in [1.82, 2.24) is 4.31 Å². The summed E-state index contributed by atoms with van der Waals surface area (Å²) in [5.41, 5.74) is 1.95. The van der Waals surface area contributed by atoms with Crippen molar-refractivity contribution in [3.8, 4) is 5.75 Å². The van der Waals surface area contributed by atoms with Crippen molar-refractivity contribution in [3.63, 3.8) is 0 Å². The van der Waals surface area contributed by atoms with E-state index in [-0.39, 0.29) is 5.92 Å². The van der Waals surface area contributed by atoms with Crippen LogP contribution < -0.4 is 4.74 Å². The predicted octanol–water partition coefficient (Wildman–Crippen LogP) is 3.49. The minimum Gasteiger partial charge on any atom is -0.496 e. The molecule has 0 bridgehead atoms. The van der Waals surface area contributed by atoms with E-state index in [0.717, 1.165) is 23.3 Å². The lowest BCUT2D eigenvalue weighted by atomic mass is 9.97. The minimum absolute atomic E-state index is 0.168. The van der Waals surface area contributed by atoms with Gasteiger partial charge < -0.3 is 4.74 Å². The molecule has 0 radical (unpaired) electrons. The van der Waals surface area contributed by atoms with Crippen LogP contribution in [-0.2, 0) is 10.0 Å². The van der Waals surface area contributed by atoms with Gasteiger partial charge in [0, 0.05) is 24.4 Å². The molecule has 24 heavy (non-hydrogen) atoms. The summed E-state index contributed by atoms with van der Waals surface area (Å²) in [5, 5.41) is 1.30. The molecule has 1 atom stereocenters. The first-order valence-corrected chi connectivity index (χ1v) is 9.46. The highest BCUT2D eigenvalue weighted by Gasteiger charge is 2.31. The molecule has 5 heteroatoms. The Labute approximate surface area is 143 Å². The molecule has 126 valence electrons. The normalized spacial score (nSPS) is 19.0. The highest BCUT2D eigenvalue weighted by Crippen LogP contribution is 2.34. The lowest BCUT2D eigenvalue weighted by Crippen LogP contribution is -2.26. The van der Waals surface area contributed by atoms with E-state index < -0.39 is 10.0 Å². The number of benzene rings is 2. The third-order valence-corrected chi connectivity index (χ3v) is 5.85. The van der Waals surface area contributed by atoms with Gasteiger partial charge in [-0.3, -0.25) is 0 Å². The Kier molecular flexibility index (Phi) is 5.02. The van der Waals surface area contributed by atoms with Crippen LogP contribution in [0.4, 0.5) is 0 Å². The van der Waals surface area contributed by atoms with Crippen molar-refractivity contribution >= 4 is 16.1 Å². The molecule has 1 fully saturated rings. The van der Waals surface area contributed by atoms with Crippen molar-refractivity contribution < 1.29 is 13.2 Å². The van der Waals surface area contributed by atoms with E-state index in [9.17, 15) is 8.42 Å². The first kappa shape index (κ1) is 16.7. The molecule has 0 spiro atoms. The molecule has 0 amide bonds. The van der Waals surface area contributed by atoms with Gasteiger partial charge in [0.2, 0.25) is 10.0 Å². The Balaban J connectivity index is 1.74. The smallest absolute Gasteiger partial charge is 0.236 e. The molecular formula is C19H21NO3S. The highest BCUT2D eigenvalue weighted by atomic mass is 32.2. The molecule has 2 aromatic rings. The van der Waals surface area contributed by atoms with Crippen molar-refractivity contribution in [2.45, 2.75) is 12.3 Å². The molecule has 0 aromatic heterocycles. The average molecular weight is 343 g/mol. The van der Waals surface area contributed by atoms with Crippen LogP contribution in [0, 0.1) is 0 Å². The highest BCUT2D eigenvalue weighted by molar-refractivity contribution is 7.92. The van der Waals surface area contributed by atoms with E-state index in [2.05, 4.69) is 0 Å². The van der Waals surface area contributed by atoms with E-state index in [1.54, 1.807) is 17.5 Å². The third-order valence-electron chi connectivity index (χ3n) is 4.32. The van der Waals surface area contributed by atoms with Gasteiger partial charge in [-0.25, -0.2) is 8.42 Å². The van der Waals surface area contributed by atoms with Crippen LogP contribution >= 0.6 is 0 Å². The standard InChI is InChI=1S/C19H21NO3S/c1-23-19-10-6-5-9-18(19)17-11-13-20(15-17)24(21,22)14-12-16-7-3-2-4-8-16/h2-10,12,14,17H,11,13,15H2,1H3/b14-12+. The maximum absolute atomic E-state index is 12.5. The Morgan fingerprint density at radius 3 is 2.54 bits per heavy atom. The quantitative estimate of drug-likeness (QED) is 0.835. The van der Waals surface area contributed by atoms with Crippen LogP contribution in [0.25, 0.3) is 6.08 Å². The first-order chi connectivity index (χ1) is 11.6. The summed E-state index contributed by atoms with van der Waals surface area (Å²) in [5.74, 6) is 0.989. The molecule has 3 rings (SSSR count). The monoisotopic (exact) mass is 343 g/mol. The zero-order valence-electron chi connectivity index (χ0n) is 13.6. The molecule has 1 saturated heterocycles. The van der Waals surface area contributed by atoms with Crippen LogP contribution in [0.5, 0.6) is 5.75 Å². The Hall–Kier alpha value is -2.11. The van der Waals surface area contributed by atoms with E-state index in [1.807, 2.05) is 54.6 Å². The summed E-state index contributed by atoms with van der Waals surface area (Å²) in [6.45, 7) is 1.02. The predicted molar refractivity (Wildman–Crippen MR) is 96.3 cm³/mol. The van der Waals surface area contributed by atoms with Gasteiger partial charge in [0.05, 0.1) is 7.11 Å². The van der Waals surface area contributed by atoms with Gasteiger partial charge in [0.1, 0.15) is 5.75 Å². The number of hydrogen-bond donors (Lipinski definition) is 0. The topological polar surface area (TPSA) is 46.6 Å². The molecule has 2 aromatic carbocycles. The number of ether oxygens (including phenoxy) is 1. The summed E-state index contributed by atoms with van der Waals surface area (Å²) in [6.07, 6.45) is 2.45. The number of methoxy groups -OCH3 is 1. The fourth-order valence-corrected chi connectivity index (χ4v) is 4.28. The molecule has 1 aliphatic rings. The SMILES string of the molecule is COc1ccccc1C1CCN(S(=O)(=O)/C=C/c2ccccc2)C1. The summed E-state index contributed by atoms with van der Waals surface area (Å²) >= 11 is 0. The molecule has 0 saturated carbocycles. The summed E-state index contributed by atoms with van der Waals surface area (Å²) in [4.78, 5) is 0. The van der Waals surface area contributed by atoms with Crippen LogP contribution in [0.1, 0.15) is 23.5 Å². The van der Waals surface area contributed by atoms with Gasteiger partial charge in [-0.05, 0) is 29.7 Å². The summed E-state index contributed by atoms with van der Waals surface area (Å²) < 4.78 is 32.0. The fourth-order valence-electron chi connectivity index (χ4n) is 3.03. The van der Waals surface area contributed by atoms with Gasteiger partial charge in [0.15, 0.2) is 0 Å². The van der Waals surface area contributed by atoms with Gasteiger partial charge in [-0.1, -0.05) is 48.5 Å². The number of nitrogens with zero attached hydrogens (tertiary/aromatic N) is 1.